The molecule has 1 amide bonds. The number of carbonyl (C=O) groups is 1. The van der Waals surface area contributed by atoms with E-state index in [0.717, 1.165) is 23.8 Å². The summed E-state index contributed by atoms with van der Waals surface area (Å²) in [6, 6.07) is 10.2. The molecular formula is C18H20F2N2O. The van der Waals surface area contributed by atoms with Gasteiger partial charge in [0, 0.05) is 12.6 Å². The lowest BCUT2D eigenvalue weighted by atomic mass is 9.99. The summed E-state index contributed by atoms with van der Waals surface area (Å²) in [7, 11) is 0. The number of halogens is 2. The number of amides is 1. The number of rotatable bonds is 5. The summed E-state index contributed by atoms with van der Waals surface area (Å²) in [5, 5.41) is 2.53. The van der Waals surface area contributed by atoms with Gasteiger partial charge < -0.3 is 11.1 Å². The van der Waals surface area contributed by atoms with Crippen LogP contribution in [0.25, 0.3) is 0 Å². The van der Waals surface area contributed by atoms with Gasteiger partial charge in [-0.2, -0.15) is 0 Å². The molecule has 0 aliphatic carbocycles. The van der Waals surface area contributed by atoms with Crippen LogP contribution in [0.1, 0.15) is 47.3 Å². The zero-order valence-electron chi connectivity index (χ0n) is 13.1. The van der Waals surface area contributed by atoms with E-state index >= 15 is 0 Å². The maximum atomic E-state index is 13.5. The van der Waals surface area contributed by atoms with Crippen LogP contribution in [-0.2, 0) is 0 Å². The maximum absolute atomic E-state index is 13.5. The molecule has 5 heteroatoms. The SMILES string of the molecule is CC(C)c1ccc(C(N)CNC(=O)c2cc(F)ccc2F)cc1. The lowest BCUT2D eigenvalue weighted by Gasteiger charge is -2.15. The minimum absolute atomic E-state index is 0.135. The number of carbonyl (C=O) groups excluding carboxylic acids is 1. The molecular weight excluding hydrogens is 298 g/mol. The predicted molar refractivity (Wildman–Crippen MR) is 86.2 cm³/mol. The third-order valence-corrected chi connectivity index (χ3v) is 3.69. The normalized spacial score (nSPS) is 12.3. The first-order valence-corrected chi connectivity index (χ1v) is 7.47. The fourth-order valence-corrected chi connectivity index (χ4v) is 2.22. The molecule has 23 heavy (non-hydrogen) atoms. The summed E-state index contributed by atoms with van der Waals surface area (Å²) < 4.78 is 26.6. The van der Waals surface area contributed by atoms with Crippen LogP contribution >= 0.6 is 0 Å². The Morgan fingerprint density at radius 1 is 1.09 bits per heavy atom. The second-order valence-electron chi connectivity index (χ2n) is 5.76. The molecule has 2 aromatic rings. The molecule has 0 spiro atoms. The van der Waals surface area contributed by atoms with Crippen LogP contribution in [0.2, 0.25) is 0 Å². The van der Waals surface area contributed by atoms with Gasteiger partial charge in [0.25, 0.3) is 5.91 Å². The predicted octanol–water partition coefficient (Wildman–Crippen LogP) is 3.52. The summed E-state index contributed by atoms with van der Waals surface area (Å²) in [6.45, 7) is 4.33. The van der Waals surface area contributed by atoms with E-state index in [2.05, 4.69) is 19.2 Å². The van der Waals surface area contributed by atoms with E-state index < -0.39 is 23.6 Å². The zero-order valence-corrected chi connectivity index (χ0v) is 13.1. The summed E-state index contributed by atoms with van der Waals surface area (Å²) in [6.07, 6.45) is 0. The number of nitrogens with two attached hydrogens (primary N) is 1. The minimum atomic E-state index is -0.765. The van der Waals surface area contributed by atoms with Crippen LogP contribution < -0.4 is 11.1 Å². The van der Waals surface area contributed by atoms with Crippen LogP contribution in [0.5, 0.6) is 0 Å². The Morgan fingerprint density at radius 3 is 2.30 bits per heavy atom. The van der Waals surface area contributed by atoms with E-state index in [-0.39, 0.29) is 12.1 Å². The molecule has 122 valence electrons. The summed E-state index contributed by atoms with van der Waals surface area (Å²) >= 11 is 0. The number of nitrogens with one attached hydrogen (secondary N) is 1. The van der Waals surface area contributed by atoms with Gasteiger partial charge in [-0.1, -0.05) is 38.1 Å². The van der Waals surface area contributed by atoms with E-state index in [4.69, 9.17) is 5.73 Å². The Bertz CT molecular complexity index is 684. The molecule has 3 N–H and O–H groups in total. The number of hydrogen-bond acceptors (Lipinski definition) is 2. The van der Waals surface area contributed by atoms with Gasteiger partial charge in [0.1, 0.15) is 11.6 Å². The Kier molecular flexibility index (Phi) is 5.45. The molecule has 1 unspecified atom stereocenters. The first kappa shape index (κ1) is 17.1. The van der Waals surface area contributed by atoms with Crippen molar-refractivity contribution in [3.05, 3.63) is 70.8 Å². The van der Waals surface area contributed by atoms with E-state index in [1.54, 1.807) is 0 Å². The molecule has 0 heterocycles. The third-order valence-electron chi connectivity index (χ3n) is 3.69. The summed E-state index contributed by atoms with van der Waals surface area (Å²) in [5.74, 6) is -1.68. The van der Waals surface area contributed by atoms with Crippen molar-refractivity contribution in [1.29, 1.82) is 0 Å². The molecule has 0 saturated heterocycles. The van der Waals surface area contributed by atoms with E-state index in [9.17, 15) is 13.6 Å². The van der Waals surface area contributed by atoms with Crippen molar-refractivity contribution >= 4 is 5.91 Å². The molecule has 2 rings (SSSR count). The second kappa shape index (κ2) is 7.33. The smallest absolute Gasteiger partial charge is 0.254 e. The summed E-state index contributed by atoms with van der Waals surface area (Å²) in [4.78, 5) is 11.9. The Balaban J connectivity index is 1.99. The van der Waals surface area contributed by atoms with Gasteiger partial charge in [-0.3, -0.25) is 4.79 Å². The number of hydrogen-bond donors (Lipinski definition) is 2. The van der Waals surface area contributed by atoms with Crippen molar-refractivity contribution in [2.45, 2.75) is 25.8 Å². The van der Waals surface area contributed by atoms with E-state index in [1.165, 1.54) is 5.56 Å². The van der Waals surface area contributed by atoms with Gasteiger partial charge in [0.2, 0.25) is 0 Å². The summed E-state index contributed by atoms with van der Waals surface area (Å²) in [5.41, 5.74) is 7.78. The van der Waals surface area contributed by atoms with E-state index in [0.29, 0.717) is 5.92 Å². The van der Waals surface area contributed by atoms with Crippen molar-refractivity contribution in [3.8, 4) is 0 Å². The van der Waals surface area contributed by atoms with Crippen molar-refractivity contribution < 1.29 is 13.6 Å². The maximum Gasteiger partial charge on any atom is 0.254 e. The molecule has 0 fully saturated rings. The molecule has 0 aliphatic rings. The Hall–Kier alpha value is -2.27. The molecule has 1 atom stereocenters. The lowest BCUT2D eigenvalue weighted by molar-refractivity contribution is 0.0946. The average Bonchev–Trinajstić information content (AvgIpc) is 2.54. The standard InChI is InChI=1S/C18H20F2N2O/c1-11(2)12-3-5-13(6-4-12)17(21)10-22-18(23)15-9-14(19)7-8-16(15)20/h3-9,11,17H,10,21H2,1-2H3,(H,22,23). The molecule has 0 aliphatic heterocycles. The largest absolute Gasteiger partial charge is 0.350 e. The highest BCUT2D eigenvalue weighted by Crippen LogP contribution is 2.17. The first-order chi connectivity index (χ1) is 10.9. The monoisotopic (exact) mass is 318 g/mol. The molecule has 0 aromatic heterocycles. The lowest BCUT2D eigenvalue weighted by Crippen LogP contribution is -2.32. The fourth-order valence-electron chi connectivity index (χ4n) is 2.22. The molecule has 0 saturated carbocycles. The highest BCUT2D eigenvalue weighted by atomic mass is 19.1. The van der Waals surface area contributed by atoms with Crippen molar-refractivity contribution in [1.82, 2.24) is 5.32 Å². The van der Waals surface area contributed by atoms with E-state index in [1.807, 2.05) is 24.3 Å². The van der Waals surface area contributed by atoms with Gasteiger partial charge in [-0.15, -0.1) is 0 Å². The fraction of sp³-hybridized carbons (Fsp3) is 0.278. The van der Waals surface area contributed by atoms with Gasteiger partial charge in [-0.25, -0.2) is 8.78 Å². The van der Waals surface area contributed by atoms with Gasteiger partial charge in [0.15, 0.2) is 0 Å². The van der Waals surface area contributed by atoms with Gasteiger partial charge in [0.05, 0.1) is 5.56 Å². The van der Waals surface area contributed by atoms with Crippen molar-refractivity contribution in [3.63, 3.8) is 0 Å². The van der Waals surface area contributed by atoms with Crippen LogP contribution in [0.15, 0.2) is 42.5 Å². The zero-order chi connectivity index (χ0) is 17.0. The molecule has 0 radical (unpaired) electrons. The van der Waals surface area contributed by atoms with Crippen molar-refractivity contribution in [2.75, 3.05) is 6.54 Å². The minimum Gasteiger partial charge on any atom is -0.350 e. The van der Waals surface area contributed by atoms with Crippen LogP contribution in [0.4, 0.5) is 8.78 Å². The Morgan fingerprint density at radius 2 is 1.70 bits per heavy atom. The molecule has 3 nitrogen and oxygen atoms in total. The topological polar surface area (TPSA) is 55.1 Å². The van der Waals surface area contributed by atoms with Crippen LogP contribution in [-0.4, -0.2) is 12.5 Å². The molecule has 2 aromatic carbocycles. The highest BCUT2D eigenvalue weighted by Gasteiger charge is 2.14. The second-order valence-corrected chi connectivity index (χ2v) is 5.76. The highest BCUT2D eigenvalue weighted by molar-refractivity contribution is 5.94. The van der Waals surface area contributed by atoms with Crippen LogP contribution in [0, 0.1) is 11.6 Å². The first-order valence-electron chi connectivity index (χ1n) is 7.47. The number of benzene rings is 2. The quantitative estimate of drug-likeness (QED) is 0.886. The van der Waals surface area contributed by atoms with Gasteiger partial charge >= 0.3 is 0 Å². The Labute approximate surface area is 134 Å². The van der Waals surface area contributed by atoms with Crippen LogP contribution in [0.3, 0.4) is 0 Å². The average molecular weight is 318 g/mol. The van der Waals surface area contributed by atoms with Crippen molar-refractivity contribution in [2.24, 2.45) is 5.73 Å². The van der Waals surface area contributed by atoms with Gasteiger partial charge in [-0.05, 0) is 35.2 Å². The molecule has 0 bridgehead atoms. The third kappa shape index (κ3) is 4.36.